The minimum absolute atomic E-state index is 0.0465. The first-order chi connectivity index (χ1) is 12.7. The van der Waals surface area contributed by atoms with Gasteiger partial charge < -0.3 is 9.88 Å². The van der Waals surface area contributed by atoms with E-state index in [2.05, 4.69) is 41.1 Å². The summed E-state index contributed by atoms with van der Waals surface area (Å²) in [6.45, 7) is 2.84. The molecule has 1 aromatic carbocycles. The summed E-state index contributed by atoms with van der Waals surface area (Å²) >= 11 is 3.19. The molecule has 1 aliphatic heterocycles. The van der Waals surface area contributed by atoms with Gasteiger partial charge >= 0.3 is 0 Å². The lowest BCUT2D eigenvalue weighted by Crippen LogP contribution is -2.30. The van der Waals surface area contributed by atoms with Crippen LogP contribution in [0.3, 0.4) is 0 Å². The fourth-order valence-corrected chi connectivity index (χ4v) is 5.49. The van der Waals surface area contributed by atoms with Crippen LogP contribution in [0.1, 0.15) is 18.3 Å². The molecule has 0 aliphatic carbocycles. The third kappa shape index (κ3) is 2.48. The molecule has 1 aliphatic rings. The predicted molar refractivity (Wildman–Crippen MR) is 109 cm³/mol. The second kappa shape index (κ2) is 6.07. The van der Waals surface area contributed by atoms with E-state index in [9.17, 15) is 4.79 Å². The highest BCUT2D eigenvalue weighted by Crippen LogP contribution is 2.35. The molecular formula is C20H17N3OS2. The maximum absolute atomic E-state index is 12.8. The van der Waals surface area contributed by atoms with Gasteiger partial charge in [-0.05, 0) is 36.4 Å². The first kappa shape index (κ1) is 15.8. The van der Waals surface area contributed by atoms with Gasteiger partial charge in [0.05, 0.1) is 11.9 Å². The van der Waals surface area contributed by atoms with E-state index in [1.165, 1.54) is 11.3 Å². The van der Waals surface area contributed by atoms with E-state index in [0.717, 1.165) is 27.5 Å². The zero-order valence-corrected chi connectivity index (χ0v) is 15.9. The summed E-state index contributed by atoms with van der Waals surface area (Å²) in [5.74, 6) is 0.727. The smallest absolute Gasteiger partial charge is 0.260 e. The summed E-state index contributed by atoms with van der Waals surface area (Å²) in [6, 6.07) is 12.9. The van der Waals surface area contributed by atoms with E-state index >= 15 is 0 Å². The molecule has 6 heteroatoms. The Morgan fingerprint density at radius 2 is 2.12 bits per heavy atom. The van der Waals surface area contributed by atoms with E-state index in [1.807, 2.05) is 22.9 Å². The number of rotatable bonds is 3. The number of hydrogen-bond acceptors (Lipinski definition) is 5. The number of nitrogens with one attached hydrogen (secondary N) is 1. The number of hydrogen-bond donors (Lipinski definition) is 1. The van der Waals surface area contributed by atoms with Crippen molar-refractivity contribution in [1.82, 2.24) is 9.97 Å². The molecule has 0 fully saturated rings. The second-order valence-corrected chi connectivity index (χ2v) is 8.44. The van der Waals surface area contributed by atoms with Crippen molar-refractivity contribution in [3.05, 3.63) is 68.9 Å². The topological polar surface area (TPSA) is 49.0 Å². The van der Waals surface area contributed by atoms with E-state index < -0.39 is 0 Å². The molecule has 0 spiro atoms. The maximum atomic E-state index is 12.8. The Bertz CT molecular complexity index is 1140. The summed E-state index contributed by atoms with van der Waals surface area (Å²) in [4.78, 5) is 24.8. The quantitative estimate of drug-likeness (QED) is 0.563. The van der Waals surface area contributed by atoms with Gasteiger partial charge in [0, 0.05) is 27.5 Å². The zero-order valence-electron chi connectivity index (χ0n) is 14.2. The van der Waals surface area contributed by atoms with Crippen molar-refractivity contribution in [3.63, 3.8) is 0 Å². The van der Waals surface area contributed by atoms with Gasteiger partial charge in [-0.2, -0.15) is 0 Å². The number of aromatic nitrogens is 2. The van der Waals surface area contributed by atoms with Crippen LogP contribution in [-0.4, -0.2) is 16.0 Å². The van der Waals surface area contributed by atoms with Gasteiger partial charge in [-0.15, -0.1) is 22.7 Å². The third-order valence-corrected chi connectivity index (χ3v) is 6.72. The highest BCUT2D eigenvalue weighted by Gasteiger charge is 2.26. The number of para-hydroxylation sites is 1. The van der Waals surface area contributed by atoms with Crippen molar-refractivity contribution in [2.45, 2.75) is 25.9 Å². The van der Waals surface area contributed by atoms with E-state index in [-0.39, 0.29) is 5.56 Å². The first-order valence-electron chi connectivity index (χ1n) is 8.59. The van der Waals surface area contributed by atoms with Crippen molar-refractivity contribution in [2.24, 2.45) is 0 Å². The van der Waals surface area contributed by atoms with Crippen LogP contribution in [0, 0.1) is 0 Å². The molecular weight excluding hydrogens is 362 g/mol. The molecule has 5 rings (SSSR count). The Morgan fingerprint density at radius 3 is 2.96 bits per heavy atom. The number of fused-ring (bicyclic) bond motifs is 2. The number of nitrogens with zero attached hydrogens (tertiary/aromatic N) is 2. The average Bonchev–Trinajstić information content (AvgIpc) is 3.34. The van der Waals surface area contributed by atoms with Gasteiger partial charge in [0.1, 0.15) is 10.7 Å². The van der Waals surface area contributed by atoms with Gasteiger partial charge in [-0.3, -0.25) is 4.79 Å². The molecule has 0 unspecified atom stereocenters. The molecule has 0 bridgehead atoms. The number of aromatic amines is 1. The van der Waals surface area contributed by atoms with Crippen molar-refractivity contribution >= 4 is 38.6 Å². The lowest BCUT2D eigenvalue weighted by molar-refractivity contribution is 0.655. The third-order valence-electron chi connectivity index (χ3n) is 4.95. The molecule has 3 aromatic heterocycles. The standard InChI is InChI=1S/C20H17N3OS2/c1-12-9-13-5-2-3-6-15(13)23(12)10-17-21-19(24)18-14(11-26-20(18)22-17)16-7-4-8-25-16/h2-8,11-12H,9-10H2,1H3,(H,21,22,24)/t12-/m0/s1. The van der Waals surface area contributed by atoms with Gasteiger partial charge in [0.25, 0.3) is 5.56 Å². The Balaban J connectivity index is 1.54. The summed E-state index contributed by atoms with van der Waals surface area (Å²) in [6.07, 6.45) is 1.03. The summed E-state index contributed by atoms with van der Waals surface area (Å²) in [5.41, 5.74) is 3.54. The van der Waals surface area contributed by atoms with Gasteiger partial charge in [0.2, 0.25) is 0 Å². The number of H-pyrrole nitrogens is 1. The average molecular weight is 380 g/mol. The number of benzene rings is 1. The van der Waals surface area contributed by atoms with Crippen LogP contribution >= 0.6 is 22.7 Å². The highest BCUT2D eigenvalue weighted by atomic mass is 32.1. The molecule has 0 saturated heterocycles. The molecule has 26 heavy (non-hydrogen) atoms. The normalized spacial score (nSPS) is 16.3. The Morgan fingerprint density at radius 1 is 1.23 bits per heavy atom. The van der Waals surface area contributed by atoms with Crippen LogP contribution in [0.5, 0.6) is 0 Å². The predicted octanol–water partition coefficient (Wildman–Crippen LogP) is 4.66. The monoisotopic (exact) mass is 379 g/mol. The van der Waals surface area contributed by atoms with Gasteiger partial charge in [-0.1, -0.05) is 24.3 Å². The van der Waals surface area contributed by atoms with Crippen LogP contribution in [0.4, 0.5) is 5.69 Å². The molecule has 130 valence electrons. The molecule has 0 radical (unpaired) electrons. The van der Waals surface area contributed by atoms with Gasteiger partial charge in [-0.25, -0.2) is 4.98 Å². The summed E-state index contributed by atoms with van der Waals surface area (Å²) < 4.78 is 0. The fraction of sp³-hybridized carbons (Fsp3) is 0.200. The van der Waals surface area contributed by atoms with E-state index in [4.69, 9.17) is 4.98 Å². The van der Waals surface area contributed by atoms with Crippen molar-refractivity contribution in [3.8, 4) is 10.4 Å². The largest absolute Gasteiger partial charge is 0.361 e. The molecule has 1 atom stereocenters. The van der Waals surface area contributed by atoms with Gasteiger partial charge in [0.15, 0.2) is 0 Å². The van der Waals surface area contributed by atoms with Crippen molar-refractivity contribution in [1.29, 1.82) is 0 Å². The molecule has 0 amide bonds. The molecule has 1 N–H and O–H groups in total. The lowest BCUT2D eigenvalue weighted by Gasteiger charge is -2.24. The molecule has 4 aromatic rings. The van der Waals surface area contributed by atoms with Crippen LogP contribution in [-0.2, 0) is 13.0 Å². The lowest BCUT2D eigenvalue weighted by atomic mass is 10.1. The Labute approximate surface area is 158 Å². The first-order valence-corrected chi connectivity index (χ1v) is 10.4. The zero-order chi connectivity index (χ0) is 17.7. The Kier molecular flexibility index (Phi) is 3.69. The number of thiophene rings is 2. The molecule has 0 saturated carbocycles. The van der Waals surface area contributed by atoms with Crippen LogP contribution in [0.15, 0.2) is 52.0 Å². The summed E-state index contributed by atoms with van der Waals surface area (Å²) in [7, 11) is 0. The van der Waals surface area contributed by atoms with Crippen molar-refractivity contribution < 1.29 is 0 Å². The van der Waals surface area contributed by atoms with E-state index in [0.29, 0.717) is 18.0 Å². The van der Waals surface area contributed by atoms with Crippen LogP contribution < -0.4 is 10.5 Å². The van der Waals surface area contributed by atoms with Crippen molar-refractivity contribution in [2.75, 3.05) is 4.90 Å². The van der Waals surface area contributed by atoms with E-state index in [1.54, 1.807) is 22.7 Å². The molecule has 4 heterocycles. The highest BCUT2D eigenvalue weighted by molar-refractivity contribution is 7.18. The molecule has 4 nitrogen and oxygen atoms in total. The SMILES string of the molecule is C[C@H]1Cc2ccccc2N1Cc1nc2scc(-c3cccs3)c2c(=O)[nH]1. The maximum Gasteiger partial charge on any atom is 0.260 e. The second-order valence-electron chi connectivity index (χ2n) is 6.63. The fourth-order valence-electron chi connectivity index (χ4n) is 3.71. The Hall–Kier alpha value is -2.44. The van der Waals surface area contributed by atoms with Crippen LogP contribution in [0.25, 0.3) is 20.7 Å². The summed E-state index contributed by atoms with van der Waals surface area (Å²) in [5, 5.41) is 4.77. The minimum Gasteiger partial charge on any atom is -0.361 e. The van der Waals surface area contributed by atoms with Crippen LogP contribution in [0.2, 0.25) is 0 Å². The number of anilines is 1. The minimum atomic E-state index is -0.0465.